The molecule has 1 amide bonds. The van der Waals surface area contributed by atoms with E-state index in [1.807, 2.05) is 24.3 Å². The van der Waals surface area contributed by atoms with Crippen LogP contribution in [0.15, 0.2) is 53.4 Å². The van der Waals surface area contributed by atoms with E-state index in [-0.39, 0.29) is 23.3 Å². The minimum atomic E-state index is -3.66. The quantitative estimate of drug-likeness (QED) is 0.666. The second kappa shape index (κ2) is 10.3. The molecule has 0 saturated carbocycles. The first-order chi connectivity index (χ1) is 14.4. The lowest BCUT2D eigenvalue weighted by Gasteiger charge is -2.34. The van der Waals surface area contributed by atoms with Crippen molar-refractivity contribution in [1.29, 1.82) is 0 Å². The summed E-state index contributed by atoms with van der Waals surface area (Å²) in [5, 5.41) is 3.59. The number of hydrogen-bond acceptors (Lipinski definition) is 4. The van der Waals surface area contributed by atoms with Gasteiger partial charge in [-0.2, -0.15) is 4.31 Å². The lowest BCUT2D eigenvalue weighted by atomic mass is 10.0. The molecule has 2 aromatic carbocycles. The van der Waals surface area contributed by atoms with Gasteiger partial charge in [0, 0.05) is 30.6 Å². The summed E-state index contributed by atoms with van der Waals surface area (Å²) in [6, 6.07) is 13.5. The van der Waals surface area contributed by atoms with Crippen LogP contribution in [-0.2, 0) is 21.2 Å². The van der Waals surface area contributed by atoms with E-state index in [2.05, 4.69) is 5.32 Å². The fourth-order valence-electron chi connectivity index (χ4n) is 3.66. The first-order valence-electron chi connectivity index (χ1n) is 10.1. The van der Waals surface area contributed by atoms with E-state index in [1.165, 1.54) is 11.4 Å². The summed E-state index contributed by atoms with van der Waals surface area (Å²) < 4.78 is 32.9. The van der Waals surface area contributed by atoms with Gasteiger partial charge < -0.3 is 10.1 Å². The largest absolute Gasteiger partial charge is 0.497 e. The average Bonchev–Trinajstić information content (AvgIpc) is 2.75. The zero-order valence-electron chi connectivity index (χ0n) is 17.0. The molecule has 1 atom stereocenters. The molecule has 8 heteroatoms. The molecule has 0 aromatic heterocycles. The van der Waals surface area contributed by atoms with Crippen LogP contribution in [0, 0.1) is 0 Å². The molecule has 1 aliphatic rings. The normalized spacial score (nSPS) is 17.5. The van der Waals surface area contributed by atoms with Crippen LogP contribution in [0.25, 0.3) is 0 Å². The van der Waals surface area contributed by atoms with Gasteiger partial charge in [-0.25, -0.2) is 8.42 Å². The molecule has 0 aliphatic carbocycles. The Balaban J connectivity index is 1.60. The molecule has 2 aromatic rings. The molecule has 1 N–H and O–H groups in total. The molecule has 6 nitrogen and oxygen atoms in total. The highest BCUT2D eigenvalue weighted by molar-refractivity contribution is 7.89. The van der Waals surface area contributed by atoms with Crippen molar-refractivity contribution in [3.8, 4) is 5.75 Å². The Kier molecular flexibility index (Phi) is 7.75. The number of benzene rings is 2. The van der Waals surface area contributed by atoms with Gasteiger partial charge in [0.1, 0.15) is 5.75 Å². The number of halogens is 1. The number of piperidine rings is 1. The number of sulfonamides is 1. The molecule has 0 unspecified atom stereocenters. The molecule has 1 aliphatic heterocycles. The Bertz CT molecular complexity index is 946. The number of nitrogens with one attached hydrogen (secondary N) is 1. The van der Waals surface area contributed by atoms with Gasteiger partial charge in [0.05, 0.1) is 12.0 Å². The Morgan fingerprint density at radius 3 is 2.50 bits per heavy atom. The number of ether oxygens (including phenoxy) is 1. The predicted octanol–water partition coefficient (Wildman–Crippen LogP) is 3.64. The highest BCUT2D eigenvalue weighted by Crippen LogP contribution is 2.28. The van der Waals surface area contributed by atoms with E-state index in [4.69, 9.17) is 16.3 Å². The van der Waals surface area contributed by atoms with Crippen LogP contribution in [0.1, 0.15) is 31.2 Å². The lowest BCUT2D eigenvalue weighted by Crippen LogP contribution is -2.46. The molecule has 0 radical (unpaired) electrons. The maximum Gasteiger partial charge on any atom is 0.243 e. The van der Waals surface area contributed by atoms with Gasteiger partial charge in [-0.1, -0.05) is 30.2 Å². The van der Waals surface area contributed by atoms with Crippen LogP contribution >= 0.6 is 11.6 Å². The minimum absolute atomic E-state index is 0.134. The first-order valence-corrected chi connectivity index (χ1v) is 11.9. The Morgan fingerprint density at radius 2 is 1.83 bits per heavy atom. The summed E-state index contributed by atoms with van der Waals surface area (Å²) in [5.74, 6) is 0.468. The standard InChI is InChI=1S/C22H27ClN2O4S/c1-29-20-9-11-21(12-10-20)30(27,28)25-15-3-2-4-19(25)16-22(26)24-14-13-17-5-7-18(23)8-6-17/h5-12,19H,2-4,13-16H2,1H3,(H,24,26)/t19-/m1/s1. The van der Waals surface area contributed by atoms with Gasteiger partial charge in [0.25, 0.3) is 0 Å². The van der Waals surface area contributed by atoms with Gasteiger partial charge in [-0.05, 0) is 61.2 Å². The summed E-state index contributed by atoms with van der Waals surface area (Å²) in [5.41, 5.74) is 1.08. The number of rotatable bonds is 8. The predicted molar refractivity (Wildman–Crippen MR) is 117 cm³/mol. The topological polar surface area (TPSA) is 75.7 Å². The highest BCUT2D eigenvalue weighted by Gasteiger charge is 2.34. The third kappa shape index (κ3) is 5.74. The number of carbonyl (C=O) groups is 1. The van der Waals surface area contributed by atoms with Crippen molar-refractivity contribution < 1.29 is 17.9 Å². The number of carbonyl (C=O) groups excluding carboxylic acids is 1. The lowest BCUT2D eigenvalue weighted by molar-refractivity contribution is -0.122. The Hall–Kier alpha value is -2.09. The molecule has 0 spiro atoms. The molecule has 1 fully saturated rings. The Morgan fingerprint density at radius 1 is 1.13 bits per heavy atom. The molecule has 30 heavy (non-hydrogen) atoms. The van der Waals surface area contributed by atoms with E-state index in [0.29, 0.717) is 36.7 Å². The van der Waals surface area contributed by atoms with Crippen molar-refractivity contribution >= 4 is 27.5 Å². The van der Waals surface area contributed by atoms with Crippen LogP contribution in [0.5, 0.6) is 5.75 Å². The second-order valence-electron chi connectivity index (χ2n) is 7.37. The summed E-state index contributed by atoms with van der Waals surface area (Å²) in [4.78, 5) is 12.7. The van der Waals surface area contributed by atoms with Crippen LogP contribution in [-0.4, -0.2) is 44.9 Å². The van der Waals surface area contributed by atoms with Crippen LogP contribution < -0.4 is 10.1 Å². The fraction of sp³-hybridized carbons (Fsp3) is 0.409. The van der Waals surface area contributed by atoms with Gasteiger partial charge in [-0.3, -0.25) is 4.79 Å². The van der Waals surface area contributed by atoms with Gasteiger partial charge in [0.2, 0.25) is 15.9 Å². The third-order valence-electron chi connectivity index (χ3n) is 5.31. The summed E-state index contributed by atoms with van der Waals surface area (Å²) in [7, 11) is -2.13. The van der Waals surface area contributed by atoms with Crippen molar-refractivity contribution in [2.75, 3.05) is 20.2 Å². The van der Waals surface area contributed by atoms with Crippen molar-refractivity contribution in [2.24, 2.45) is 0 Å². The number of amides is 1. The average molecular weight is 451 g/mol. The molecular weight excluding hydrogens is 424 g/mol. The monoisotopic (exact) mass is 450 g/mol. The van der Waals surface area contributed by atoms with Gasteiger partial charge >= 0.3 is 0 Å². The van der Waals surface area contributed by atoms with E-state index < -0.39 is 10.0 Å². The van der Waals surface area contributed by atoms with E-state index in [0.717, 1.165) is 18.4 Å². The van der Waals surface area contributed by atoms with Crippen LogP contribution in [0.3, 0.4) is 0 Å². The SMILES string of the molecule is COc1ccc(S(=O)(=O)N2CCCC[C@@H]2CC(=O)NCCc2ccc(Cl)cc2)cc1. The van der Waals surface area contributed by atoms with Crippen LogP contribution in [0.4, 0.5) is 0 Å². The smallest absolute Gasteiger partial charge is 0.243 e. The van der Waals surface area contributed by atoms with Crippen molar-refractivity contribution in [1.82, 2.24) is 9.62 Å². The zero-order chi connectivity index (χ0) is 21.6. The van der Waals surface area contributed by atoms with Gasteiger partial charge in [0.15, 0.2) is 0 Å². The number of hydrogen-bond donors (Lipinski definition) is 1. The Labute approximate surface area is 183 Å². The maximum absolute atomic E-state index is 13.1. The number of nitrogens with zero attached hydrogens (tertiary/aromatic N) is 1. The van der Waals surface area contributed by atoms with Crippen LogP contribution in [0.2, 0.25) is 5.02 Å². The molecule has 162 valence electrons. The van der Waals surface area contributed by atoms with Crippen molar-refractivity contribution in [2.45, 2.75) is 43.0 Å². The van der Waals surface area contributed by atoms with Crippen molar-refractivity contribution in [3.05, 3.63) is 59.1 Å². The highest BCUT2D eigenvalue weighted by atomic mass is 35.5. The van der Waals surface area contributed by atoms with Gasteiger partial charge in [-0.15, -0.1) is 0 Å². The minimum Gasteiger partial charge on any atom is -0.497 e. The molecule has 1 heterocycles. The third-order valence-corrected chi connectivity index (χ3v) is 7.53. The summed E-state index contributed by atoms with van der Waals surface area (Å²) >= 11 is 5.88. The second-order valence-corrected chi connectivity index (χ2v) is 9.70. The molecule has 0 bridgehead atoms. The summed E-state index contributed by atoms with van der Waals surface area (Å²) in [6.45, 7) is 0.926. The first kappa shape index (κ1) is 22.6. The number of methoxy groups -OCH3 is 1. The van der Waals surface area contributed by atoms with E-state index in [1.54, 1.807) is 24.3 Å². The van der Waals surface area contributed by atoms with E-state index >= 15 is 0 Å². The van der Waals surface area contributed by atoms with Crippen molar-refractivity contribution in [3.63, 3.8) is 0 Å². The molecule has 3 rings (SSSR count). The molecular formula is C22H27ClN2O4S. The molecule has 1 saturated heterocycles. The van der Waals surface area contributed by atoms with E-state index in [9.17, 15) is 13.2 Å². The maximum atomic E-state index is 13.1. The summed E-state index contributed by atoms with van der Waals surface area (Å²) in [6.07, 6.45) is 3.25. The fourth-order valence-corrected chi connectivity index (χ4v) is 5.48. The zero-order valence-corrected chi connectivity index (χ0v) is 18.6.